The van der Waals surface area contributed by atoms with Crippen molar-refractivity contribution in [3.8, 4) is 0 Å². The lowest BCUT2D eigenvalue weighted by Gasteiger charge is -2.07. The summed E-state index contributed by atoms with van der Waals surface area (Å²) in [6.45, 7) is 1.73. The minimum Gasteiger partial charge on any atom is -0.459 e. The van der Waals surface area contributed by atoms with Gasteiger partial charge in [0.05, 0.1) is 21.3 Å². The molecule has 2 heterocycles. The lowest BCUT2D eigenvalue weighted by molar-refractivity contribution is -0.387. The summed E-state index contributed by atoms with van der Waals surface area (Å²) in [6, 6.07) is 11.0. The summed E-state index contributed by atoms with van der Waals surface area (Å²) >= 11 is 1.02. The summed E-state index contributed by atoms with van der Waals surface area (Å²) in [5, 5.41) is 11.0. The zero-order valence-electron chi connectivity index (χ0n) is 14.3. The fraction of sp³-hybridized carbons (Fsp3) is 0.167. The van der Waals surface area contributed by atoms with E-state index >= 15 is 0 Å². The maximum atomic E-state index is 12.1. The van der Waals surface area contributed by atoms with Crippen LogP contribution < -0.4 is 5.56 Å². The number of nitro groups is 1. The van der Waals surface area contributed by atoms with Crippen LogP contribution in [0.2, 0.25) is 0 Å². The van der Waals surface area contributed by atoms with Gasteiger partial charge in [0.1, 0.15) is 12.3 Å². The molecule has 2 aromatic heterocycles. The van der Waals surface area contributed by atoms with Crippen LogP contribution >= 0.6 is 11.8 Å². The Hall–Kier alpha value is -3.20. The molecule has 0 aliphatic rings. The van der Waals surface area contributed by atoms with E-state index in [1.54, 1.807) is 30.5 Å². The SMILES string of the molecule is Cc1ccc2nc(COC(=O)CSc3ccccc3[N+](=O)[O-])cc(=O)n2c1. The van der Waals surface area contributed by atoms with Crippen molar-refractivity contribution < 1.29 is 14.5 Å². The number of rotatable bonds is 6. The van der Waals surface area contributed by atoms with Gasteiger partial charge in [0.2, 0.25) is 0 Å². The van der Waals surface area contributed by atoms with Gasteiger partial charge in [0, 0.05) is 18.3 Å². The van der Waals surface area contributed by atoms with Gasteiger partial charge >= 0.3 is 5.97 Å². The molecule has 0 fully saturated rings. The summed E-state index contributed by atoms with van der Waals surface area (Å²) in [4.78, 5) is 39.2. The van der Waals surface area contributed by atoms with E-state index in [9.17, 15) is 19.7 Å². The van der Waals surface area contributed by atoms with E-state index in [2.05, 4.69) is 4.98 Å². The van der Waals surface area contributed by atoms with Gasteiger partial charge in [-0.15, -0.1) is 11.8 Å². The molecule has 0 saturated heterocycles. The van der Waals surface area contributed by atoms with Crippen molar-refractivity contribution in [2.24, 2.45) is 0 Å². The first-order valence-electron chi connectivity index (χ1n) is 7.95. The molecule has 9 heteroatoms. The van der Waals surface area contributed by atoms with Crippen molar-refractivity contribution in [1.29, 1.82) is 0 Å². The maximum Gasteiger partial charge on any atom is 0.316 e. The zero-order chi connectivity index (χ0) is 19.4. The zero-order valence-corrected chi connectivity index (χ0v) is 15.1. The highest BCUT2D eigenvalue weighted by molar-refractivity contribution is 8.00. The molecule has 0 aliphatic carbocycles. The van der Waals surface area contributed by atoms with Gasteiger partial charge < -0.3 is 4.74 Å². The number of hydrogen-bond donors (Lipinski definition) is 0. The molecule has 0 spiro atoms. The summed E-state index contributed by atoms with van der Waals surface area (Å²) in [6.07, 6.45) is 1.68. The van der Waals surface area contributed by atoms with Gasteiger partial charge in [0.25, 0.3) is 11.2 Å². The lowest BCUT2D eigenvalue weighted by atomic mass is 10.3. The molecule has 0 N–H and O–H groups in total. The predicted octanol–water partition coefficient (Wildman–Crippen LogP) is 2.75. The normalized spacial score (nSPS) is 10.7. The molecule has 27 heavy (non-hydrogen) atoms. The number of benzene rings is 1. The lowest BCUT2D eigenvalue weighted by Crippen LogP contribution is -2.17. The van der Waals surface area contributed by atoms with Crippen molar-refractivity contribution in [2.45, 2.75) is 18.4 Å². The van der Waals surface area contributed by atoms with Crippen molar-refractivity contribution in [2.75, 3.05) is 5.75 Å². The number of para-hydroxylation sites is 1. The summed E-state index contributed by atoms with van der Waals surface area (Å²) in [5.41, 5.74) is 1.41. The summed E-state index contributed by atoms with van der Waals surface area (Å²) < 4.78 is 6.56. The molecule has 1 aromatic carbocycles. The molecule has 0 bridgehead atoms. The number of hydrogen-bond acceptors (Lipinski definition) is 7. The minimum atomic E-state index is -0.552. The highest BCUT2D eigenvalue weighted by atomic mass is 32.2. The Morgan fingerprint density at radius 3 is 2.85 bits per heavy atom. The van der Waals surface area contributed by atoms with E-state index in [1.165, 1.54) is 16.5 Å². The second-order valence-electron chi connectivity index (χ2n) is 5.69. The second-order valence-corrected chi connectivity index (χ2v) is 6.71. The van der Waals surface area contributed by atoms with Gasteiger partial charge in [-0.05, 0) is 24.6 Å². The van der Waals surface area contributed by atoms with Crippen LogP contribution in [0, 0.1) is 17.0 Å². The molecule has 0 radical (unpaired) electrons. The number of nitrogens with zero attached hydrogens (tertiary/aromatic N) is 3. The highest BCUT2D eigenvalue weighted by Crippen LogP contribution is 2.28. The fourth-order valence-corrected chi connectivity index (χ4v) is 3.22. The molecule has 0 saturated carbocycles. The van der Waals surface area contributed by atoms with Crippen LogP contribution in [0.25, 0.3) is 5.65 Å². The Labute approximate surface area is 158 Å². The molecule has 8 nitrogen and oxygen atoms in total. The van der Waals surface area contributed by atoms with Crippen LogP contribution in [0.4, 0.5) is 5.69 Å². The van der Waals surface area contributed by atoms with Crippen LogP contribution in [-0.2, 0) is 16.1 Å². The highest BCUT2D eigenvalue weighted by Gasteiger charge is 2.15. The molecule has 0 atom stereocenters. The van der Waals surface area contributed by atoms with Gasteiger partial charge in [-0.1, -0.05) is 18.2 Å². The number of aromatic nitrogens is 2. The number of thioether (sulfide) groups is 1. The largest absolute Gasteiger partial charge is 0.459 e. The Balaban J connectivity index is 1.63. The monoisotopic (exact) mass is 385 g/mol. The van der Waals surface area contributed by atoms with Crippen molar-refractivity contribution in [3.05, 3.63) is 80.4 Å². The van der Waals surface area contributed by atoms with Crippen LogP contribution in [0.5, 0.6) is 0 Å². The molecule has 3 rings (SSSR count). The second kappa shape index (κ2) is 8.00. The Morgan fingerprint density at radius 2 is 2.07 bits per heavy atom. The number of carbonyl (C=O) groups excluding carboxylic acids is 1. The quantitative estimate of drug-likeness (QED) is 0.278. The molecule has 0 unspecified atom stereocenters. The Bertz CT molecular complexity index is 1080. The van der Waals surface area contributed by atoms with Crippen molar-refractivity contribution in [3.63, 3.8) is 0 Å². The maximum absolute atomic E-state index is 12.1. The number of aryl methyl sites for hydroxylation is 1. The number of pyridine rings is 1. The first kappa shape index (κ1) is 18.6. The third kappa shape index (κ3) is 4.50. The van der Waals surface area contributed by atoms with Crippen LogP contribution in [0.3, 0.4) is 0 Å². The molecule has 3 aromatic rings. The van der Waals surface area contributed by atoms with Crippen LogP contribution in [0.15, 0.2) is 58.4 Å². The topological polar surface area (TPSA) is 104 Å². The summed E-state index contributed by atoms with van der Waals surface area (Å²) in [7, 11) is 0. The minimum absolute atomic E-state index is 0.0604. The first-order valence-corrected chi connectivity index (χ1v) is 8.93. The molecule has 138 valence electrons. The number of esters is 1. The van der Waals surface area contributed by atoms with E-state index in [-0.39, 0.29) is 23.6 Å². The van der Waals surface area contributed by atoms with Gasteiger partial charge in [-0.2, -0.15) is 0 Å². The Morgan fingerprint density at radius 1 is 1.30 bits per heavy atom. The Kier molecular flexibility index (Phi) is 5.51. The molecular formula is C18H15N3O5S. The standard InChI is InChI=1S/C18H15N3O5S/c1-12-6-7-16-19-13(8-17(22)20(16)9-12)10-26-18(23)11-27-15-5-3-2-4-14(15)21(24)25/h2-9H,10-11H2,1H3. The predicted molar refractivity (Wildman–Crippen MR) is 99.8 cm³/mol. The summed E-state index contributed by atoms with van der Waals surface area (Å²) in [5.74, 6) is -0.638. The third-order valence-electron chi connectivity index (χ3n) is 3.65. The van der Waals surface area contributed by atoms with Gasteiger partial charge in [-0.3, -0.25) is 24.1 Å². The third-order valence-corrected chi connectivity index (χ3v) is 4.69. The number of carbonyl (C=O) groups is 1. The van der Waals surface area contributed by atoms with Gasteiger partial charge in [0.15, 0.2) is 0 Å². The van der Waals surface area contributed by atoms with Crippen LogP contribution in [0.1, 0.15) is 11.3 Å². The van der Waals surface area contributed by atoms with Crippen molar-refractivity contribution >= 4 is 29.1 Å². The van der Waals surface area contributed by atoms with E-state index in [0.29, 0.717) is 16.2 Å². The van der Waals surface area contributed by atoms with E-state index in [4.69, 9.17) is 4.74 Å². The molecular weight excluding hydrogens is 370 g/mol. The molecule has 0 aliphatic heterocycles. The smallest absolute Gasteiger partial charge is 0.316 e. The van der Waals surface area contributed by atoms with E-state index < -0.39 is 10.9 Å². The first-order chi connectivity index (χ1) is 12.9. The average Bonchev–Trinajstić information content (AvgIpc) is 2.65. The molecule has 0 amide bonds. The van der Waals surface area contributed by atoms with E-state index in [0.717, 1.165) is 17.3 Å². The number of fused-ring (bicyclic) bond motifs is 1. The number of nitro benzene ring substituents is 1. The van der Waals surface area contributed by atoms with Gasteiger partial charge in [-0.25, -0.2) is 4.98 Å². The van der Waals surface area contributed by atoms with Crippen LogP contribution in [-0.4, -0.2) is 26.0 Å². The van der Waals surface area contributed by atoms with Crippen molar-refractivity contribution in [1.82, 2.24) is 9.38 Å². The van der Waals surface area contributed by atoms with E-state index in [1.807, 2.05) is 13.0 Å². The average molecular weight is 385 g/mol. The number of ether oxygens (including phenoxy) is 1. The fourth-order valence-electron chi connectivity index (χ4n) is 2.39.